The number of fused-ring (bicyclic) bond motifs is 1. The van der Waals surface area contributed by atoms with Crippen LogP contribution in [0.3, 0.4) is 0 Å². The lowest BCUT2D eigenvalue weighted by atomic mass is 10.1. The fourth-order valence-electron chi connectivity index (χ4n) is 2.20. The van der Waals surface area contributed by atoms with Gasteiger partial charge in [0.25, 0.3) is 0 Å². The fourth-order valence-corrected chi connectivity index (χ4v) is 3.30. The van der Waals surface area contributed by atoms with Gasteiger partial charge in [-0.2, -0.15) is 0 Å². The van der Waals surface area contributed by atoms with Gasteiger partial charge in [-0.25, -0.2) is 4.98 Å². The van der Waals surface area contributed by atoms with Gasteiger partial charge in [-0.1, -0.05) is 30.3 Å². The van der Waals surface area contributed by atoms with Crippen LogP contribution in [-0.2, 0) is 13.0 Å². The third-order valence-electron chi connectivity index (χ3n) is 3.17. The van der Waals surface area contributed by atoms with Crippen molar-refractivity contribution in [1.29, 1.82) is 0 Å². The Bertz CT molecular complexity index is 707. The quantitative estimate of drug-likeness (QED) is 0.440. The minimum atomic E-state index is 0.888. The van der Waals surface area contributed by atoms with Crippen molar-refractivity contribution in [3.63, 3.8) is 0 Å². The second kappa shape index (κ2) is 5.63. The van der Waals surface area contributed by atoms with Crippen molar-refractivity contribution < 1.29 is 0 Å². The average molecular weight is 427 g/mol. The van der Waals surface area contributed by atoms with Crippen molar-refractivity contribution in [2.24, 2.45) is 0 Å². The topological polar surface area (TPSA) is 17.8 Å². The number of aryl methyl sites for hydroxylation is 2. The molecule has 0 bridgehead atoms. The van der Waals surface area contributed by atoms with Crippen molar-refractivity contribution in [1.82, 2.24) is 9.55 Å². The second-order valence-electron chi connectivity index (χ2n) is 4.43. The first-order valence-electron chi connectivity index (χ1n) is 6.08. The van der Waals surface area contributed by atoms with E-state index in [0.717, 1.165) is 17.6 Å². The summed E-state index contributed by atoms with van der Waals surface area (Å²) in [5.74, 6) is 0. The number of halogens is 2. The van der Waals surface area contributed by atoms with Gasteiger partial charge in [-0.3, -0.25) is 0 Å². The van der Waals surface area contributed by atoms with Gasteiger partial charge in [0.05, 0.1) is 11.7 Å². The number of rotatable bonds is 3. The Morgan fingerprint density at radius 3 is 2.79 bits per heavy atom. The van der Waals surface area contributed by atoms with E-state index in [2.05, 4.69) is 90.7 Å². The Hall–Kier alpha value is -0.880. The van der Waals surface area contributed by atoms with Crippen molar-refractivity contribution >= 4 is 49.4 Å². The van der Waals surface area contributed by atoms with Gasteiger partial charge in [0.2, 0.25) is 0 Å². The molecule has 4 heteroatoms. The van der Waals surface area contributed by atoms with Crippen molar-refractivity contribution in [3.05, 3.63) is 62.5 Å². The lowest BCUT2D eigenvalue weighted by Gasteiger charge is -2.05. The lowest BCUT2D eigenvalue weighted by molar-refractivity contribution is 0.721. The molecule has 0 saturated heterocycles. The third-order valence-corrected chi connectivity index (χ3v) is 4.46. The zero-order valence-electron chi connectivity index (χ0n) is 10.2. The van der Waals surface area contributed by atoms with Crippen LogP contribution < -0.4 is 0 Å². The molecule has 0 unspecified atom stereocenters. The first-order valence-corrected chi connectivity index (χ1v) is 7.95. The first-order chi connectivity index (χ1) is 9.24. The maximum absolute atomic E-state index is 4.33. The largest absolute Gasteiger partial charge is 0.345 e. The van der Waals surface area contributed by atoms with Gasteiger partial charge in [0.15, 0.2) is 0 Å². The van der Waals surface area contributed by atoms with E-state index in [-0.39, 0.29) is 0 Å². The summed E-state index contributed by atoms with van der Waals surface area (Å²) >= 11 is 5.81. The summed E-state index contributed by atoms with van der Waals surface area (Å²) in [5.41, 5.74) is 2.56. The van der Waals surface area contributed by atoms with Gasteiger partial charge < -0.3 is 4.57 Å². The Morgan fingerprint density at radius 2 is 2.00 bits per heavy atom. The first kappa shape index (κ1) is 13.1. The molecule has 0 aliphatic heterocycles. The highest BCUT2D eigenvalue weighted by Crippen LogP contribution is 2.25. The number of aromatic nitrogens is 2. The van der Waals surface area contributed by atoms with Gasteiger partial charge in [0.1, 0.15) is 4.60 Å². The van der Waals surface area contributed by atoms with E-state index in [4.69, 9.17) is 0 Å². The molecule has 0 atom stereocenters. The van der Waals surface area contributed by atoms with Crippen LogP contribution in [0.1, 0.15) is 5.56 Å². The molecule has 2 aromatic heterocycles. The molecule has 0 radical (unpaired) electrons. The molecule has 0 fully saturated rings. The minimum absolute atomic E-state index is 0.888. The minimum Gasteiger partial charge on any atom is -0.345 e. The van der Waals surface area contributed by atoms with Gasteiger partial charge >= 0.3 is 0 Å². The van der Waals surface area contributed by atoms with Crippen LogP contribution in [0.4, 0.5) is 0 Å². The fraction of sp³-hybridized carbons (Fsp3) is 0.133. The van der Waals surface area contributed by atoms with E-state index in [1.807, 2.05) is 6.20 Å². The van der Waals surface area contributed by atoms with E-state index in [0.29, 0.717) is 0 Å². The number of nitrogens with zero attached hydrogens (tertiary/aromatic N) is 2. The molecule has 3 rings (SSSR count). The summed E-state index contributed by atoms with van der Waals surface area (Å²) in [7, 11) is 0. The summed E-state index contributed by atoms with van der Waals surface area (Å²) in [5, 5.41) is 1.26. The van der Waals surface area contributed by atoms with Crippen molar-refractivity contribution in [3.8, 4) is 0 Å². The highest BCUT2D eigenvalue weighted by molar-refractivity contribution is 14.1. The Balaban J connectivity index is 1.89. The molecule has 0 spiro atoms. The van der Waals surface area contributed by atoms with E-state index in [1.165, 1.54) is 20.0 Å². The molecule has 0 amide bonds. The van der Waals surface area contributed by atoms with Crippen LogP contribution >= 0.6 is 38.5 Å². The highest BCUT2D eigenvalue weighted by atomic mass is 127. The van der Waals surface area contributed by atoms with Crippen molar-refractivity contribution in [2.75, 3.05) is 0 Å². The van der Waals surface area contributed by atoms with E-state index < -0.39 is 0 Å². The van der Waals surface area contributed by atoms with E-state index in [1.54, 1.807) is 0 Å². The predicted molar refractivity (Wildman–Crippen MR) is 90.3 cm³/mol. The van der Waals surface area contributed by atoms with Crippen LogP contribution in [0.2, 0.25) is 0 Å². The highest BCUT2D eigenvalue weighted by Gasteiger charge is 2.07. The number of benzene rings is 1. The van der Waals surface area contributed by atoms with Crippen LogP contribution in [-0.4, -0.2) is 9.55 Å². The molecule has 0 aliphatic carbocycles. The molecule has 3 aromatic rings. The van der Waals surface area contributed by atoms with E-state index in [9.17, 15) is 0 Å². The monoisotopic (exact) mass is 426 g/mol. The number of hydrogen-bond acceptors (Lipinski definition) is 1. The lowest BCUT2D eigenvalue weighted by Crippen LogP contribution is -1.99. The molecule has 19 heavy (non-hydrogen) atoms. The maximum Gasteiger partial charge on any atom is 0.106 e. The third kappa shape index (κ3) is 2.84. The molecule has 1 aromatic carbocycles. The van der Waals surface area contributed by atoms with Crippen LogP contribution in [0.15, 0.2) is 53.4 Å². The van der Waals surface area contributed by atoms with Gasteiger partial charge in [-0.15, -0.1) is 0 Å². The zero-order valence-corrected chi connectivity index (χ0v) is 13.9. The molecule has 0 N–H and O–H groups in total. The molecule has 2 nitrogen and oxygen atoms in total. The van der Waals surface area contributed by atoms with Crippen LogP contribution in [0, 0.1) is 3.57 Å². The Morgan fingerprint density at radius 1 is 1.21 bits per heavy atom. The molecule has 0 aliphatic rings. The predicted octanol–water partition coefficient (Wildman–Crippen LogP) is 4.65. The molecule has 2 heterocycles. The molecule has 0 saturated carbocycles. The summed E-state index contributed by atoms with van der Waals surface area (Å²) in [6.45, 7) is 0.979. The van der Waals surface area contributed by atoms with Crippen LogP contribution in [0.5, 0.6) is 0 Å². The average Bonchev–Trinajstić information content (AvgIpc) is 2.74. The SMILES string of the molecule is Brc1cc2c(I)cn(CCc3ccccc3)c2cn1. The standard InChI is InChI=1S/C15H12BrIN2/c16-15-8-12-13(17)10-19(14(12)9-18-15)7-6-11-4-2-1-3-5-11/h1-5,8-10H,6-7H2. The second-order valence-corrected chi connectivity index (χ2v) is 6.40. The molecular weight excluding hydrogens is 415 g/mol. The Labute approximate surface area is 134 Å². The summed E-state index contributed by atoms with van der Waals surface area (Å²) in [4.78, 5) is 4.33. The smallest absolute Gasteiger partial charge is 0.106 e. The molecule has 96 valence electrons. The Kier molecular flexibility index (Phi) is 3.88. The molecular formula is C15H12BrIN2. The van der Waals surface area contributed by atoms with Crippen molar-refractivity contribution in [2.45, 2.75) is 13.0 Å². The van der Waals surface area contributed by atoms with Gasteiger partial charge in [0, 0.05) is 21.7 Å². The summed E-state index contributed by atoms with van der Waals surface area (Å²) in [6.07, 6.45) is 5.17. The van der Waals surface area contributed by atoms with E-state index >= 15 is 0 Å². The van der Waals surface area contributed by atoms with Crippen LogP contribution in [0.25, 0.3) is 10.9 Å². The zero-order chi connectivity index (χ0) is 13.2. The number of hydrogen-bond donors (Lipinski definition) is 0. The normalized spacial score (nSPS) is 11.1. The van der Waals surface area contributed by atoms with Gasteiger partial charge in [-0.05, 0) is 56.6 Å². The number of pyridine rings is 1. The summed E-state index contributed by atoms with van der Waals surface area (Å²) in [6, 6.07) is 12.7. The summed E-state index contributed by atoms with van der Waals surface area (Å²) < 4.78 is 4.44. The maximum atomic E-state index is 4.33.